The lowest BCUT2D eigenvalue weighted by Crippen LogP contribution is -2.51. The van der Waals surface area contributed by atoms with Crippen LogP contribution in [0.15, 0.2) is 24.3 Å². The minimum absolute atomic E-state index is 0.200. The van der Waals surface area contributed by atoms with E-state index in [0.29, 0.717) is 30.0 Å². The summed E-state index contributed by atoms with van der Waals surface area (Å²) < 4.78 is 4.67. The third-order valence-electron chi connectivity index (χ3n) is 6.97. The molecule has 1 saturated heterocycles. The van der Waals surface area contributed by atoms with Crippen molar-refractivity contribution in [1.29, 1.82) is 0 Å². The molecular weight excluding hydrogens is 398 g/mol. The number of carbonyl (C=O) groups is 4. The molecule has 168 valence electrons. The number of anilines is 1. The number of imide groups is 1. The van der Waals surface area contributed by atoms with Crippen LogP contribution >= 0.6 is 0 Å². The van der Waals surface area contributed by atoms with Crippen LogP contribution in [0.25, 0.3) is 0 Å². The van der Waals surface area contributed by atoms with Crippen molar-refractivity contribution < 1.29 is 23.9 Å². The number of amides is 4. The second-order valence-corrected chi connectivity index (χ2v) is 9.14. The van der Waals surface area contributed by atoms with Gasteiger partial charge < -0.3 is 15.4 Å². The predicted octanol–water partition coefficient (Wildman–Crippen LogP) is 3.33. The van der Waals surface area contributed by atoms with Crippen LogP contribution in [0.2, 0.25) is 0 Å². The lowest BCUT2D eigenvalue weighted by Gasteiger charge is -2.42. The van der Waals surface area contributed by atoms with Gasteiger partial charge in [-0.1, -0.05) is 33.3 Å². The Labute approximate surface area is 182 Å². The van der Waals surface area contributed by atoms with E-state index in [1.165, 1.54) is 13.2 Å². The molecule has 1 aliphatic heterocycles. The van der Waals surface area contributed by atoms with E-state index in [2.05, 4.69) is 36.1 Å². The van der Waals surface area contributed by atoms with E-state index in [1.807, 2.05) is 0 Å². The Balaban J connectivity index is 1.63. The van der Waals surface area contributed by atoms with Crippen molar-refractivity contribution in [2.45, 2.75) is 58.4 Å². The van der Waals surface area contributed by atoms with Crippen LogP contribution in [-0.2, 0) is 14.3 Å². The van der Waals surface area contributed by atoms with E-state index >= 15 is 0 Å². The monoisotopic (exact) mass is 429 g/mol. The van der Waals surface area contributed by atoms with Crippen molar-refractivity contribution in [3.8, 4) is 0 Å². The largest absolute Gasteiger partial charge is 0.465 e. The van der Waals surface area contributed by atoms with Crippen LogP contribution in [0, 0.1) is 11.3 Å². The Morgan fingerprint density at radius 2 is 1.94 bits per heavy atom. The fraction of sp³-hybridized carbons (Fsp3) is 0.565. The van der Waals surface area contributed by atoms with Gasteiger partial charge in [0.2, 0.25) is 5.91 Å². The first-order valence-corrected chi connectivity index (χ1v) is 10.7. The quantitative estimate of drug-likeness (QED) is 0.533. The van der Waals surface area contributed by atoms with E-state index < -0.39 is 23.4 Å². The van der Waals surface area contributed by atoms with Crippen molar-refractivity contribution in [1.82, 2.24) is 10.2 Å². The molecule has 1 heterocycles. The summed E-state index contributed by atoms with van der Waals surface area (Å²) in [5.41, 5.74) is -0.0216. The first-order valence-electron chi connectivity index (χ1n) is 10.7. The van der Waals surface area contributed by atoms with Gasteiger partial charge in [-0.15, -0.1) is 0 Å². The van der Waals surface area contributed by atoms with Gasteiger partial charge in [0.05, 0.1) is 12.7 Å². The highest BCUT2D eigenvalue weighted by Gasteiger charge is 2.53. The Kier molecular flexibility index (Phi) is 6.38. The third-order valence-corrected chi connectivity index (χ3v) is 6.97. The lowest BCUT2D eigenvalue weighted by atomic mass is 9.65. The van der Waals surface area contributed by atoms with Gasteiger partial charge in [-0.3, -0.25) is 14.5 Å². The zero-order valence-electron chi connectivity index (χ0n) is 18.6. The highest BCUT2D eigenvalue weighted by Crippen LogP contribution is 2.45. The molecule has 2 aliphatic rings. The van der Waals surface area contributed by atoms with E-state index in [4.69, 9.17) is 0 Å². The van der Waals surface area contributed by atoms with Crippen molar-refractivity contribution in [3.63, 3.8) is 0 Å². The highest BCUT2D eigenvalue weighted by atomic mass is 16.5. The molecule has 1 aromatic carbocycles. The minimum Gasteiger partial charge on any atom is -0.465 e. The first-order chi connectivity index (χ1) is 14.6. The number of benzene rings is 1. The standard InChI is InChI=1S/C23H31N3O5/c1-5-22(2,3)16-9-11-23(12-10-16)20(29)26(21(30)25-23)14-18(27)24-17-8-6-7-15(13-17)19(28)31-4/h6-8,13,16H,5,9-12,14H2,1-4H3,(H,24,27)(H,25,30). The fourth-order valence-electron chi connectivity index (χ4n) is 4.53. The SMILES string of the molecule is CCC(C)(C)C1CCC2(CC1)NC(=O)N(CC(=O)Nc1cccc(C(=O)OC)c1)C2=O. The molecule has 0 radical (unpaired) electrons. The van der Waals surface area contributed by atoms with Gasteiger partial charge in [0.1, 0.15) is 12.1 Å². The molecule has 0 aromatic heterocycles. The van der Waals surface area contributed by atoms with E-state index in [1.54, 1.807) is 18.2 Å². The third kappa shape index (κ3) is 4.57. The van der Waals surface area contributed by atoms with Crippen LogP contribution in [0.1, 0.15) is 63.2 Å². The zero-order chi connectivity index (χ0) is 22.8. The summed E-state index contributed by atoms with van der Waals surface area (Å²) in [5.74, 6) is -0.853. The van der Waals surface area contributed by atoms with Crippen LogP contribution in [0.5, 0.6) is 0 Å². The fourth-order valence-corrected chi connectivity index (χ4v) is 4.53. The molecule has 4 amide bonds. The van der Waals surface area contributed by atoms with Crippen molar-refractivity contribution in [2.75, 3.05) is 19.0 Å². The molecule has 8 nitrogen and oxygen atoms in total. The van der Waals surface area contributed by atoms with Crippen LogP contribution in [-0.4, -0.2) is 47.9 Å². The number of ether oxygens (including phenoxy) is 1. The van der Waals surface area contributed by atoms with Gasteiger partial charge in [0.15, 0.2) is 0 Å². The lowest BCUT2D eigenvalue weighted by molar-refractivity contribution is -0.135. The van der Waals surface area contributed by atoms with Crippen LogP contribution in [0.3, 0.4) is 0 Å². The summed E-state index contributed by atoms with van der Waals surface area (Å²) in [5, 5.41) is 5.49. The van der Waals surface area contributed by atoms with Crippen molar-refractivity contribution in [3.05, 3.63) is 29.8 Å². The molecule has 2 N–H and O–H groups in total. The van der Waals surface area contributed by atoms with E-state index in [0.717, 1.165) is 24.2 Å². The Morgan fingerprint density at radius 1 is 1.26 bits per heavy atom. The van der Waals surface area contributed by atoms with Crippen molar-refractivity contribution >= 4 is 29.5 Å². The average Bonchev–Trinajstić information content (AvgIpc) is 2.97. The van der Waals surface area contributed by atoms with Gasteiger partial charge in [-0.05, 0) is 55.2 Å². The van der Waals surface area contributed by atoms with Gasteiger partial charge in [0.25, 0.3) is 5.91 Å². The first kappa shape index (κ1) is 22.8. The number of methoxy groups -OCH3 is 1. The van der Waals surface area contributed by atoms with Gasteiger partial charge >= 0.3 is 12.0 Å². The number of esters is 1. The average molecular weight is 430 g/mol. The molecule has 8 heteroatoms. The smallest absolute Gasteiger partial charge is 0.337 e. The van der Waals surface area contributed by atoms with Crippen molar-refractivity contribution in [2.24, 2.45) is 11.3 Å². The number of hydrogen-bond donors (Lipinski definition) is 2. The van der Waals surface area contributed by atoms with Crippen LogP contribution in [0.4, 0.5) is 10.5 Å². The Hall–Kier alpha value is -2.90. The minimum atomic E-state index is -0.900. The number of nitrogens with zero attached hydrogens (tertiary/aromatic N) is 1. The second kappa shape index (κ2) is 8.69. The predicted molar refractivity (Wildman–Crippen MR) is 115 cm³/mol. The molecule has 1 aliphatic carbocycles. The molecule has 2 fully saturated rings. The maximum absolute atomic E-state index is 13.1. The Morgan fingerprint density at radius 3 is 2.55 bits per heavy atom. The molecule has 31 heavy (non-hydrogen) atoms. The summed E-state index contributed by atoms with van der Waals surface area (Å²) in [6, 6.07) is 5.75. The number of rotatable bonds is 6. The summed E-state index contributed by atoms with van der Waals surface area (Å²) in [4.78, 5) is 50.8. The molecule has 3 rings (SSSR count). The maximum Gasteiger partial charge on any atom is 0.337 e. The number of hydrogen-bond acceptors (Lipinski definition) is 5. The molecule has 1 aromatic rings. The van der Waals surface area contributed by atoms with Gasteiger partial charge in [-0.2, -0.15) is 0 Å². The summed E-state index contributed by atoms with van der Waals surface area (Å²) >= 11 is 0. The summed E-state index contributed by atoms with van der Waals surface area (Å²) in [7, 11) is 1.28. The maximum atomic E-state index is 13.1. The number of carbonyl (C=O) groups excluding carboxylic acids is 4. The highest BCUT2D eigenvalue weighted by molar-refractivity contribution is 6.10. The van der Waals surface area contributed by atoms with E-state index in [-0.39, 0.29) is 17.9 Å². The second-order valence-electron chi connectivity index (χ2n) is 9.14. The molecule has 1 spiro atoms. The zero-order valence-corrected chi connectivity index (χ0v) is 18.6. The van der Waals surface area contributed by atoms with E-state index in [9.17, 15) is 19.2 Å². The Bertz CT molecular complexity index is 887. The summed E-state index contributed by atoms with van der Waals surface area (Å²) in [6.45, 7) is 6.29. The molecular formula is C23H31N3O5. The molecule has 0 atom stereocenters. The molecule has 0 bridgehead atoms. The topological polar surface area (TPSA) is 105 Å². The molecule has 0 unspecified atom stereocenters. The van der Waals surface area contributed by atoms with Gasteiger partial charge in [0, 0.05) is 5.69 Å². The number of urea groups is 1. The van der Waals surface area contributed by atoms with Crippen LogP contribution < -0.4 is 10.6 Å². The number of nitrogens with one attached hydrogen (secondary N) is 2. The summed E-state index contributed by atoms with van der Waals surface area (Å²) in [6.07, 6.45) is 3.98. The normalized spacial score (nSPS) is 23.6. The van der Waals surface area contributed by atoms with Gasteiger partial charge in [-0.25, -0.2) is 9.59 Å². The molecule has 1 saturated carbocycles.